The van der Waals surface area contributed by atoms with Crippen molar-refractivity contribution < 1.29 is 4.43 Å². The van der Waals surface area contributed by atoms with Crippen LogP contribution < -0.4 is 0 Å². The Labute approximate surface area is 71.9 Å². The summed E-state index contributed by atoms with van der Waals surface area (Å²) in [6.07, 6.45) is 6.84. The zero-order chi connectivity index (χ0) is 7.94. The van der Waals surface area contributed by atoms with Crippen molar-refractivity contribution >= 4 is 9.04 Å². The lowest BCUT2D eigenvalue weighted by Gasteiger charge is -2.19. The summed E-state index contributed by atoms with van der Waals surface area (Å²) in [5.74, 6) is 0. The van der Waals surface area contributed by atoms with Gasteiger partial charge in [0.05, 0.1) is 0 Å². The number of unbranched alkanes of at least 4 members (excludes halogenated alkanes) is 1. The van der Waals surface area contributed by atoms with E-state index in [0.29, 0.717) is 0 Å². The molecule has 1 heterocycles. The average Bonchev–Trinajstić information content (AvgIpc) is 2.07. The molecule has 11 heavy (non-hydrogen) atoms. The van der Waals surface area contributed by atoms with Crippen LogP contribution in [0.5, 0.6) is 0 Å². The Hall–Kier alpha value is 0.177. The first-order valence-corrected chi connectivity index (χ1v) is 6.73. The van der Waals surface area contributed by atoms with E-state index >= 15 is 0 Å². The summed E-state index contributed by atoms with van der Waals surface area (Å²) in [7, 11) is -0.321. The molecule has 0 aliphatic carbocycles. The van der Waals surface area contributed by atoms with Crippen LogP contribution in [0.3, 0.4) is 0 Å². The van der Waals surface area contributed by atoms with Crippen molar-refractivity contribution in [1.29, 1.82) is 0 Å². The zero-order valence-corrected chi connectivity index (χ0v) is 8.57. The van der Waals surface area contributed by atoms with E-state index in [1.807, 2.05) is 0 Å². The van der Waals surface area contributed by atoms with Crippen molar-refractivity contribution in [1.82, 2.24) is 0 Å². The van der Waals surface area contributed by atoms with Gasteiger partial charge in [0.2, 0.25) is 9.04 Å². The molecule has 1 aliphatic heterocycles. The van der Waals surface area contributed by atoms with Crippen molar-refractivity contribution in [2.75, 3.05) is 6.61 Å². The van der Waals surface area contributed by atoms with Gasteiger partial charge in [0.15, 0.2) is 0 Å². The molecule has 0 spiro atoms. The van der Waals surface area contributed by atoms with E-state index < -0.39 is 0 Å². The second-order valence-electron chi connectivity index (χ2n) is 3.30. The van der Waals surface area contributed by atoms with E-state index in [0.717, 1.165) is 6.61 Å². The number of hydrogen-bond acceptors (Lipinski definition) is 1. The third-order valence-corrected chi connectivity index (χ3v) is 4.65. The molecule has 0 amide bonds. The van der Waals surface area contributed by atoms with Crippen LogP contribution >= 0.6 is 0 Å². The topological polar surface area (TPSA) is 9.23 Å². The fraction of sp³-hybridized carbons (Fsp3) is 1.00. The molecule has 0 N–H and O–H groups in total. The van der Waals surface area contributed by atoms with Gasteiger partial charge in [-0.1, -0.05) is 32.6 Å². The molecular formula is C9H19OSi. The van der Waals surface area contributed by atoms with Crippen LogP contribution in [0.25, 0.3) is 0 Å². The van der Waals surface area contributed by atoms with Gasteiger partial charge < -0.3 is 4.43 Å². The Morgan fingerprint density at radius 3 is 2.55 bits per heavy atom. The Morgan fingerprint density at radius 2 is 1.91 bits per heavy atom. The van der Waals surface area contributed by atoms with Gasteiger partial charge in [-0.05, 0) is 18.5 Å². The minimum atomic E-state index is -0.321. The summed E-state index contributed by atoms with van der Waals surface area (Å²) in [5.41, 5.74) is 0. The molecule has 0 unspecified atom stereocenters. The molecule has 0 aromatic rings. The van der Waals surface area contributed by atoms with Gasteiger partial charge in [0.1, 0.15) is 0 Å². The molecule has 65 valence electrons. The fourth-order valence-corrected chi connectivity index (χ4v) is 3.71. The minimum absolute atomic E-state index is 0.321. The SMILES string of the molecule is CCCCO[Si]1CCCCC1. The van der Waals surface area contributed by atoms with E-state index in [4.69, 9.17) is 4.43 Å². The molecule has 1 saturated heterocycles. The Balaban J connectivity index is 1.96. The first-order valence-electron chi connectivity index (χ1n) is 4.91. The molecule has 2 heteroatoms. The highest BCUT2D eigenvalue weighted by atomic mass is 28.3. The van der Waals surface area contributed by atoms with Gasteiger partial charge in [-0.3, -0.25) is 0 Å². The van der Waals surface area contributed by atoms with Gasteiger partial charge >= 0.3 is 0 Å². The van der Waals surface area contributed by atoms with E-state index in [1.54, 1.807) is 0 Å². The molecule has 1 nitrogen and oxygen atoms in total. The van der Waals surface area contributed by atoms with Crippen LogP contribution in [0.15, 0.2) is 0 Å². The van der Waals surface area contributed by atoms with Crippen LogP contribution in [0.1, 0.15) is 39.0 Å². The van der Waals surface area contributed by atoms with Crippen LogP contribution in [0.2, 0.25) is 12.1 Å². The number of rotatable bonds is 4. The van der Waals surface area contributed by atoms with E-state index in [-0.39, 0.29) is 9.04 Å². The largest absolute Gasteiger partial charge is 0.417 e. The maximum atomic E-state index is 5.83. The van der Waals surface area contributed by atoms with Crippen molar-refractivity contribution in [2.24, 2.45) is 0 Å². The lowest BCUT2D eigenvalue weighted by molar-refractivity contribution is 0.304. The lowest BCUT2D eigenvalue weighted by Crippen LogP contribution is -2.21. The zero-order valence-electron chi connectivity index (χ0n) is 7.57. The monoisotopic (exact) mass is 171 g/mol. The lowest BCUT2D eigenvalue weighted by atomic mass is 10.3. The average molecular weight is 171 g/mol. The molecular weight excluding hydrogens is 152 g/mol. The first kappa shape index (κ1) is 9.27. The second-order valence-corrected chi connectivity index (χ2v) is 5.67. The van der Waals surface area contributed by atoms with Crippen molar-refractivity contribution in [3.63, 3.8) is 0 Å². The molecule has 1 rings (SSSR count). The van der Waals surface area contributed by atoms with Crippen molar-refractivity contribution in [3.8, 4) is 0 Å². The van der Waals surface area contributed by atoms with Gasteiger partial charge in [0, 0.05) is 6.61 Å². The number of hydrogen-bond donors (Lipinski definition) is 0. The van der Waals surface area contributed by atoms with Crippen LogP contribution in [0.4, 0.5) is 0 Å². The van der Waals surface area contributed by atoms with Crippen LogP contribution in [-0.2, 0) is 4.43 Å². The maximum absolute atomic E-state index is 5.83. The standard InChI is InChI=1S/C9H19OSi/c1-2-3-7-10-11-8-5-4-6-9-11/h2-9H2,1H3. The molecule has 1 aliphatic rings. The van der Waals surface area contributed by atoms with E-state index in [2.05, 4.69) is 6.92 Å². The Morgan fingerprint density at radius 1 is 1.18 bits per heavy atom. The predicted octanol–water partition coefficient (Wildman–Crippen LogP) is 2.98. The molecule has 0 saturated carbocycles. The van der Waals surface area contributed by atoms with Gasteiger partial charge in [0.25, 0.3) is 0 Å². The highest BCUT2D eigenvalue weighted by molar-refractivity contribution is 6.52. The highest BCUT2D eigenvalue weighted by Crippen LogP contribution is 2.19. The summed E-state index contributed by atoms with van der Waals surface area (Å²) < 4.78 is 5.83. The Bertz CT molecular complexity index is 89.6. The first-order chi connectivity index (χ1) is 5.43. The van der Waals surface area contributed by atoms with Crippen molar-refractivity contribution in [2.45, 2.75) is 51.1 Å². The third-order valence-electron chi connectivity index (χ3n) is 2.22. The summed E-state index contributed by atoms with van der Waals surface area (Å²) in [4.78, 5) is 0. The van der Waals surface area contributed by atoms with E-state index in [1.165, 1.54) is 44.2 Å². The van der Waals surface area contributed by atoms with Gasteiger partial charge in [-0.15, -0.1) is 0 Å². The van der Waals surface area contributed by atoms with Crippen LogP contribution in [0, 0.1) is 0 Å². The molecule has 0 bridgehead atoms. The van der Waals surface area contributed by atoms with Gasteiger partial charge in [-0.2, -0.15) is 0 Å². The van der Waals surface area contributed by atoms with Crippen molar-refractivity contribution in [3.05, 3.63) is 0 Å². The summed E-state index contributed by atoms with van der Waals surface area (Å²) in [6, 6.07) is 2.82. The fourth-order valence-electron chi connectivity index (χ4n) is 1.45. The smallest absolute Gasteiger partial charge is 0.211 e. The molecule has 1 fully saturated rings. The highest BCUT2D eigenvalue weighted by Gasteiger charge is 2.16. The summed E-state index contributed by atoms with van der Waals surface area (Å²) in [6.45, 7) is 3.26. The van der Waals surface area contributed by atoms with Crippen LogP contribution in [-0.4, -0.2) is 15.6 Å². The third kappa shape index (κ3) is 3.92. The Kier molecular flexibility index (Phi) is 4.87. The molecule has 1 radical (unpaired) electrons. The van der Waals surface area contributed by atoms with Gasteiger partial charge in [-0.25, -0.2) is 0 Å². The quantitative estimate of drug-likeness (QED) is 0.467. The molecule has 0 aromatic carbocycles. The summed E-state index contributed by atoms with van der Waals surface area (Å²) in [5, 5.41) is 0. The summed E-state index contributed by atoms with van der Waals surface area (Å²) >= 11 is 0. The molecule has 0 atom stereocenters. The predicted molar refractivity (Wildman–Crippen MR) is 50.1 cm³/mol. The minimum Gasteiger partial charge on any atom is -0.417 e. The molecule has 0 aromatic heterocycles. The second kappa shape index (κ2) is 5.78. The maximum Gasteiger partial charge on any atom is 0.211 e. The normalized spacial score (nSPS) is 20.5. The van der Waals surface area contributed by atoms with E-state index in [9.17, 15) is 0 Å².